The predicted octanol–water partition coefficient (Wildman–Crippen LogP) is 1.44. The van der Waals surface area contributed by atoms with Crippen LogP contribution in [0.2, 0.25) is 0 Å². The minimum absolute atomic E-state index is 0.335. The second-order valence-electron chi connectivity index (χ2n) is 5.72. The van der Waals surface area contributed by atoms with Gasteiger partial charge in [0.2, 0.25) is 0 Å². The monoisotopic (exact) mass is 326 g/mol. The van der Waals surface area contributed by atoms with Crippen LogP contribution in [0.1, 0.15) is 18.1 Å². The van der Waals surface area contributed by atoms with E-state index < -0.39 is 0 Å². The van der Waals surface area contributed by atoms with Gasteiger partial charge in [-0.1, -0.05) is 5.16 Å². The first kappa shape index (κ1) is 14.8. The maximum atomic E-state index is 5.34. The lowest BCUT2D eigenvalue weighted by Crippen LogP contribution is -2.37. The van der Waals surface area contributed by atoms with Crippen LogP contribution in [-0.4, -0.2) is 38.1 Å². The summed E-state index contributed by atoms with van der Waals surface area (Å²) in [6.45, 7) is 1.38. The van der Waals surface area contributed by atoms with Crippen LogP contribution >= 0.6 is 0 Å². The number of hydrogen-bond acceptors (Lipinski definition) is 7. The predicted molar refractivity (Wildman–Crippen MR) is 85.3 cm³/mol. The molecule has 8 nitrogen and oxygen atoms in total. The Hall–Kier alpha value is -2.74. The van der Waals surface area contributed by atoms with Crippen molar-refractivity contribution in [3.8, 4) is 17.2 Å². The number of aromatic nitrogens is 5. The molecule has 1 aromatic carbocycles. The minimum Gasteiger partial charge on any atom is -0.497 e. The molecular formula is C16H18N6O2. The molecular weight excluding hydrogens is 308 g/mol. The van der Waals surface area contributed by atoms with Crippen molar-refractivity contribution in [3.63, 3.8) is 0 Å². The van der Waals surface area contributed by atoms with Crippen LogP contribution in [0, 0.1) is 0 Å². The minimum atomic E-state index is 0.335. The zero-order valence-corrected chi connectivity index (χ0v) is 13.3. The van der Waals surface area contributed by atoms with Crippen LogP contribution in [0.15, 0.2) is 35.1 Å². The van der Waals surface area contributed by atoms with Crippen molar-refractivity contribution in [1.29, 1.82) is 0 Å². The number of methoxy groups -OCH3 is 1. The van der Waals surface area contributed by atoms with Crippen molar-refractivity contribution in [3.05, 3.63) is 42.2 Å². The highest BCUT2D eigenvalue weighted by molar-refractivity contribution is 5.54. The molecule has 0 radical (unpaired) electrons. The molecule has 0 aliphatic carbocycles. The van der Waals surface area contributed by atoms with E-state index in [0.717, 1.165) is 36.5 Å². The van der Waals surface area contributed by atoms with Crippen LogP contribution in [0.4, 0.5) is 0 Å². The van der Waals surface area contributed by atoms with Crippen molar-refractivity contribution in [2.45, 2.75) is 32.0 Å². The molecule has 0 bridgehead atoms. The van der Waals surface area contributed by atoms with Gasteiger partial charge < -0.3 is 14.6 Å². The first-order valence-corrected chi connectivity index (χ1v) is 7.89. The molecule has 3 heterocycles. The van der Waals surface area contributed by atoms with Crippen LogP contribution in [0.5, 0.6) is 5.75 Å². The number of nitrogens with one attached hydrogen (secondary N) is 1. The number of fused-ring (bicyclic) bond motifs is 1. The molecule has 1 atom stereocenters. The van der Waals surface area contributed by atoms with E-state index in [1.165, 1.54) is 0 Å². The summed E-state index contributed by atoms with van der Waals surface area (Å²) < 4.78 is 12.4. The fourth-order valence-electron chi connectivity index (χ4n) is 2.82. The Morgan fingerprint density at radius 2 is 2.21 bits per heavy atom. The van der Waals surface area contributed by atoms with Crippen LogP contribution < -0.4 is 10.1 Å². The van der Waals surface area contributed by atoms with Gasteiger partial charge in [-0.05, 0) is 30.7 Å². The van der Waals surface area contributed by atoms with Gasteiger partial charge in [-0.2, -0.15) is 10.1 Å². The largest absolute Gasteiger partial charge is 0.497 e. The summed E-state index contributed by atoms with van der Waals surface area (Å²) in [7, 11) is 1.64. The third kappa shape index (κ3) is 3.00. The van der Waals surface area contributed by atoms with Gasteiger partial charge >= 0.3 is 0 Å². The standard InChI is InChI=1S/C16H18N6O2/c1-23-13-5-2-11(3-6-13)16-20-14(21-24-16)8-17-12-4-7-15-18-10-19-22(15)9-12/h2-3,5-6,10,12,17H,4,7-9H2,1H3/t12-/m0/s1. The molecule has 0 unspecified atom stereocenters. The summed E-state index contributed by atoms with van der Waals surface area (Å²) >= 11 is 0. The van der Waals surface area contributed by atoms with Crippen molar-refractivity contribution in [1.82, 2.24) is 30.2 Å². The van der Waals surface area contributed by atoms with E-state index in [2.05, 4.69) is 25.5 Å². The summed E-state index contributed by atoms with van der Waals surface area (Å²) in [4.78, 5) is 8.67. The third-order valence-electron chi connectivity index (χ3n) is 4.16. The molecule has 4 rings (SSSR count). The van der Waals surface area contributed by atoms with Gasteiger partial charge in [0.05, 0.1) is 20.2 Å². The number of aryl methyl sites for hydroxylation is 1. The number of rotatable bonds is 5. The van der Waals surface area contributed by atoms with Gasteiger partial charge in [-0.15, -0.1) is 0 Å². The van der Waals surface area contributed by atoms with E-state index in [1.54, 1.807) is 13.4 Å². The molecule has 0 saturated heterocycles. The number of ether oxygens (including phenoxy) is 1. The highest BCUT2D eigenvalue weighted by Gasteiger charge is 2.20. The van der Waals surface area contributed by atoms with E-state index in [9.17, 15) is 0 Å². The van der Waals surface area contributed by atoms with Crippen LogP contribution in [0.3, 0.4) is 0 Å². The quantitative estimate of drug-likeness (QED) is 0.758. The summed E-state index contributed by atoms with van der Waals surface area (Å²) in [6, 6.07) is 7.88. The Morgan fingerprint density at radius 1 is 1.33 bits per heavy atom. The molecule has 0 fully saturated rings. The molecule has 8 heteroatoms. The van der Waals surface area contributed by atoms with Crippen molar-refractivity contribution in [2.24, 2.45) is 0 Å². The van der Waals surface area contributed by atoms with Crippen LogP contribution in [-0.2, 0) is 19.5 Å². The highest BCUT2D eigenvalue weighted by Crippen LogP contribution is 2.20. The van der Waals surface area contributed by atoms with Crippen molar-refractivity contribution >= 4 is 0 Å². The first-order chi connectivity index (χ1) is 11.8. The van der Waals surface area contributed by atoms with Gasteiger partial charge in [-0.25, -0.2) is 9.67 Å². The second-order valence-corrected chi connectivity index (χ2v) is 5.72. The smallest absolute Gasteiger partial charge is 0.257 e. The van der Waals surface area contributed by atoms with Gasteiger partial charge in [0.1, 0.15) is 17.9 Å². The molecule has 24 heavy (non-hydrogen) atoms. The molecule has 0 amide bonds. The van der Waals surface area contributed by atoms with E-state index in [0.29, 0.717) is 24.3 Å². The number of hydrogen-bond donors (Lipinski definition) is 1. The highest BCUT2D eigenvalue weighted by atomic mass is 16.5. The molecule has 0 saturated carbocycles. The van der Waals surface area contributed by atoms with Gasteiger partial charge in [-0.3, -0.25) is 0 Å². The van der Waals surface area contributed by atoms with Crippen molar-refractivity contribution in [2.75, 3.05) is 7.11 Å². The Morgan fingerprint density at radius 3 is 3.04 bits per heavy atom. The SMILES string of the molecule is COc1ccc(-c2nc(CN[C@H]3CCc4ncnn4C3)no2)cc1. The summed E-state index contributed by atoms with van der Waals surface area (Å²) in [5.41, 5.74) is 0.875. The van der Waals surface area contributed by atoms with Gasteiger partial charge in [0, 0.05) is 18.0 Å². The Balaban J connectivity index is 1.37. The zero-order chi connectivity index (χ0) is 16.4. The van der Waals surface area contributed by atoms with E-state index in [4.69, 9.17) is 9.26 Å². The normalized spacial score (nSPS) is 16.8. The molecule has 2 aromatic heterocycles. The molecule has 1 N–H and O–H groups in total. The zero-order valence-electron chi connectivity index (χ0n) is 13.3. The first-order valence-electron chi connectivity index (χ1n) is 7.89. The Kier molecular flexibility index (Phi) is 3.96. The maximum absolute atomic E-state index is 5.34. The van der Waals surface area contributed by atoms with E-state index in [1.807, 2.05) is 28.9 Å². The summed E-state index contributed by atoms with van der Waals surface area (Å²) in [5.74, 6) is 3.00. The lowest BCUT2D eigenvalue weighted by molar-refractivity contribution is 0.350. The molecule has 3 aromatic rings. The average molecular weight is 326 g/mol. The summed E-state index contributed by atoms with van der Waals surface area (Å²) in [6.07, 6.45) is 3.57. The molecule has 0 spiro atoms. The summed E-state index contributed by atoms with van der Waals surface area (Å²) in [5, 5.41) is 11.7. The van der Waals surface area contributed by atoms with Gasteiger partial charge in [0.15, 0.2) is 5.82 Å². The lowest BCUT2D eigenvalue weighted by Gasteiger charge is -2.22. The second kappa shape index (κ2) is 6.40. The average Bonchev–Trinajstić information content (AvgIpc) is 3.29. The van der Waals surface area contributed by atoms with Crippen LogP contribution in [0.25, 0.3) is 11.5 Å². The molecule has 124 valence electrons. The number of nitrogens with zero attached hydrogens (tertiary/aromatic N) is 5. The molecule has 1 aliphatic heterocycles. The lowest BCUT2D eigenvalue weighted by atomic mass is 10.1. The maximum Gasteiger partial charge on any atom is 0.257 e. The topological polar surface area (TPSA) is 90.9 Å². The van der Waals surface area contributed by atoms with E-state index >= 15 is 0 Å². The molecule has 1 aliphatic rings. The third-order valence-corrected chi connectivity index (χ3v) is 4.16. The Bertz CT molecular complexity index is 810. The fourth-order valence-corrected chi connectivity index (χ4v) is 2.82. The van der Waals surface area contributed by atoms with Gasteiger partial charge in [0.25, 0.3) is 5.89 Å². The fraction of sp³-hybridized carbons (Fsp3) is 0.375. The number of benzene rings is 1. The Labute approximate surface area is 138 Å². The van der Waals surface area contributed by atoms with E-state index in [-0.39, 0.29) is 0 Å². The van der Waals surface area contributed by atoms with Crippen molar-refractivity contribution < 1.29 is 9.26 Å².